The van der Waals surface area contributed by atoms with Gasteiger partial charge >= 0.3 is 0 Å². The smallest absolute Gasteiger partial charge is 0.165 e. The first-order valence-electron chi connectivity index (χ1n) is 13.7. The lowest BCUT2D eigenvalue weighted by molar-refractivity contribution is 0.294. The van der Waals surface area contributed by atoms with E-state index in [4.69, 9.17) is 15.7 Å². The predicted octanol–water partition coefficient (Wildman–Crippen LogP) is 5.89. The number of pyridine rings is 2. The molecule has 5 heterocycles. The molecule has 40 heavy (non-hydrogen) atoms. The Balaban J connectivity index is 1.21. The summed E-state index contributed by atoms with van der Waals surface area (Å²) in [4.78, 5) is 17.0. The summed E-state index contributed by atoms with van der Waals surface area (Å²) >= 11 is 1.76. The predicted molar refractivity (Wildman–Crippen MR) is 164 cm³/mol. The van der Waals surface area contributed by atoms with Gasteiger partial charge in [0.1, 0.15) is 11.3 Å². The molecule has 0 aliphatic carbocycles. The first kappa shape index (κ1) is 25.0. The lowest BCUT2D eigenvalue weighted by Crippen LogP contribution is -2.25. The molecule has 2 aromatic carbocycles. The summed E-state index contributed by atoms with van der Waals surface area (Å²) in [6, 6.07) is 26.9. The van der Waals surface area contributed by atoms with Crippen molar-refractivity contribution in [2.45, 2.75) is 6.54 Å². The van der Waals surface area contributed by atoms with E-state index in [1.807, 2.05) is 47.9 Å². The van der Waals surface area contributed by atoms with Crippen molar-refractivity contribution in [3.05, 3.63) is 103 Å². The average Bonchev–Trinajstić information content (AvgIpc) is 3.65. The second-order valence-corrected chi connectivity index (χ2v) is 11.7. The van der Waals surface area contributed by atoms with E-state index in [1.54, 1.807) is 18.1 Å². The van der Waals surface area contributed by atoms with Gasteiger partial charge in [0.2, 0.25) is 0 Å². The van der Waals surface area contributed by atoms with E-state index in [0.29, 0.717) is 5.82 Å². The third-order valence-electron chi connectivity index (χ3n) is 8.01. The highest BCUT2D eigenvalue weighted by Crippen LogP contribution is 2.36. The molecule has 2 aliphatic rings. The zero-order valence-corrected chi connectivity index (χ0v) is 23.0. The van der Waals surface area contributed by atoms with Crippen LogP contribution in [0.5, 0.6) is 0 Å². The fourth-order valence-electron chi connectivity index (χ4n) is 6.14. The Hall–Kier alpha value is -3.98. The summed E-state index contributed by atoms with van der Waals surface area (Å²) in [5.41, 5.74) is 13.0. The van der Waals surface area contributed by atoms with Gasteiger partial charge in [-0.05, 0) is 59.2 Å². The van der Waals surface area contributed by atoms with Crippen LogP contribution in [0.4, 0.5) is 5.82 Å². The van der Waals surface area contributed by atoms with E-state index >= 15 is 0 Å². The van der Waals surface area contributed by atoms with Crippen molar-refractivity contribution in [1.82, 2.24) is 28.7 Å². The van der Waals surface area contributed by atoms with Gasteiger partial charge in [0.25, 0.3) is 0 Å². The summed E-state index contributed by atoms with van der Waals surface area (Å²) < 4.78 is 4.55. The first-order valence-corrected chi connectivity index (χ1v) is 14.5. The molecule has 7 rings (SSSR count). The molecule has 2 fully saturated rings. The number of anilines is 1. The molecule has 2 N–H and O–H groups in total. The number of rotatable bonds is 7. The van der Waals surface area contributed by atoms with Crippen LogP contribution in [0, 0.1) is 11.8 Å². The highest BCUT2D eigenvalue weighted by Gasteiger charge is 2.39. The fourth-order valence-corrected chi connectivity index (χ4v) is 6.90. The summed E-state index contributed by atoms with van der Waals surface area (Å²) in [6.07, 6.45) is 1.70. The maximum atomic E-state index is 6.32. The Labute approximate surface area is 238 Å². The molecule has 2 unspecified atom stereocenters. The van der Waals surface area contributed by atoms with Crippen LogP contribution in [0.25, 0.3) is 39.5 Å². The minimum Gasteiger partial charge on any atom is -0.383 e. The molecule has 0 radical (unpaired) electrons. The Morgan fingerprint density at radius 2 is 1.65 bits per heavy atom. The minimum atomic E-state index is 0.448. The van der Waals surface area contributed by atoms with Gasteiger partial charge in [-0.3, -0.25) is 9.47 Å². The molecule has 3 aromatic heterocycles. The SMILES string of the molecule is C=CSN1CC2CN(Cc3ccc(-n4c(-c5cccnc5N)nc5ccc(-c6ccccc6)nc54)cc3)CC2C1. The molecular formula is C32H31N7S. The molecule has 5 aromatic rings. The highest BCUT2D eigenvalue weighted by atomic mass is 32.2. The fraction of sp³-hybridized carbons (Fsp3) is 0.219. The lowest BCUT2D eigenvalue weighted by Gasteiger charge is -2.20. The Morgan fingerprint density at radius 3 is 2.38 bits per heavy atom. The standard InChI is InChI=1S/C32H31N7S/c1-2-40-38-20-24-18-37(19-25(24)21-38)17-22-10-12-26(13-11-22)39-31(27-9-6-16-34-30(27)33)36-29-15-14-28(35-32(29)39)23-7-4-3-5-8-23/h2-16,24-25H,1,17-21H2,(H2,33,34). The van der Waals surface area contributed by atoms with E-state index in [9.17, 15) is 0 Å². The zero-order valence-electron chi connectivity index (χ0n) is 22.2. The van der Waals surface area contributed by atoms with Crippen LogP contribution in [-0.4, -0.2) is 54.9 Å². The number of aromatic nitrogens is 4. The highest BCUT2D eigenvalue weighted by molar-refractivity contribution is 7.99. The van der Waals surface area contributed by atoms with Gasteiger partial charge in [0.15, 0.2) is 11.5 Å². The summed E-state index contributed by atoms with van der Waals surface area (Å²) in [5, 5.41) is 1.94. The maximum Gasteiger partial charge on any atom is 0.165 e. The van der Waals surface area contributed by atoms with E-state index in [2.05, 4.69) is 61.7 Å². The number of likely N-dealkylation sites (tertiary alicyclic amines) is 1. The van der Waals surface area contributed by atoms with Crippen LogP contribution in [0.15, 0.2) is 97.0 Å². The third kappa shape index (κ3) is 4.68. The lowest BCUT2D eigenvalue weighted by atomic mass is 10.0. The second-order valence-electron chi connectivity index (χ2n) is 10.6. The van der Waals surface area contributed by atoms with Crippen molar-refractivity contribution in [3.63, 3.8) is 0 Å². The van der Waals surface area contributed by atoms with Gasteiger partial charge in [0, 0.05) is 50.2 Å². The van der Waals surface area contributed by atoms with Crippen molar-refractivity contribution in [2.24, 2.45) is 11.8 Å². The summed E-state index contributed by atoms with van der Waals surface area (Å²) in [6.45, 7) is 9.45. The molecule has 0 saturated carbocycles. The molecule has 0 spiro atoms. The normalized spacial score (nSPS) is 19.3. The van der Waals surface area contributed by atoms with Gasteiger partial charge in [-0.25, -0.2) is 19.3 Å². The van der Waals surface area contributed by atoms with Gasteiger partial charge in [-0.2, -0.15) is 0 Å². The minimum absolute atomic E-state index is 0.448. The number of nitrogens with two attached hydrogens (primary N) is 1. The van der Waals surface area contributed by atoms with Crippen molar-refractivity contribution in [2.75, 3.05) is 31.9 Å². The van der Waals surface area contributed by atoms with E-state index < -0.39 is 0 Å². The Kier molecular flexibility index (Phi) is 6.59. The number of hydrogen-bond donors (Lipinski definition) is 1. The van der Waals surface area contributed by atoms with Crippen molar-refractivity contribution in [1.29, 1.82) is 0 Å². The molecule has 200 valence electrons. The number of nitrogen functional groups attached to an aromatic ring is 1. The Bertz CT molecular complexity index is 1650. The maximum absolute atomic E-state index is 6.32. The van der Waals surface area contributed by atoms with Crippen molar-refractivity contribution in [3.8, 4) is 28.3 Å². The van der Waals surface area contributed by atoms with Crippen LogP contribution in [0.2, 0.25) is 0 Å². The summed E-state index contributed by atoms with van der Waals surface area (Å²) in [5.74, 6) is 2.69. The molecular weight excluding hydrogens is 514 g/mol. The van der Waals surface area contributed by atoms with Gasteiger partial charge in [0.05, 0.1) is 11.3 Å². The molecule has 2 aliphatic heterocycles. The second kappa shape index (κ2) is 10.5. The number of benzene rings is 2. The van der Waals surface area contributed by atoms with Crippen LogP contribution in [-0.2, 0) is 6.54 Å². The number of fused-ring (bicyclic) bond motifs is 2. The number of nitrogens with zero attached hydrogens (tertiary/aromatic N) is 6. The van der Waals surface area contributed by atoms with E-state index in [1.165, 1.54) is 5.56 Å². The van der Waals surface area contributed by atoms with Gasteiger partial charge in [-0.1, -0.05) is 61.0 Å². The van der Waals surface area contributed by atoms with E-state index in [0.717, 1.165) is 84.1 Å². The monoisotopic (exact) mass is 545 g/mol. The van der Waals surface area contributed by atoms with Crippen LogP contribution in [0.3, 0.4) is 0 Å². The molecule has 0 bridgehead atoms. The molecule has 2 saturated heterocycles. The third-order valence-corrected chi connectivity index (χ3v) is 8.75. The van der Waals surface area contributed by atoms with Crippen LogP contribution >= 0.6 is 11.9 Å². The molecule has 0 amide bonds. The van der Waals surface area contributed by atoms with Crippen molar-refractivity contribution >= 4 is 28.9 Å². The van der Waals surface area contributed by atoms with E-state index in [-0.39, 0.29) is 0 Å². The number of hydrogen-bond acceptors (Lipinski definition) is 7. The Morgan fingerprint density at radius 1 is 0.875 bits per heavy atom. The van der Waals surface area contributed by atoms with Crippen molar-refractivity contribution < 1.29 is 0 Å². The quantitative estimate of drug-likeness (QED) is 0.256. The first-order chi connectivity index (χ1) is 19.7. The van der Waals surface area contributed by atoms with Crippen LogP contribution < -0.4 is 5.73 Å². The largest absolute Gasteiger partial charge is 0.383 e. The average molecular weight is 546 g/mol. The van der Waals surface area contributed by atoms with Gasteiger partial charge in [-0.15, -0.1) is 0 Å². The summed E-state index contributed by atoms with van der Waals surface area (Å²) in [7, 11) is 0. The molecule has 2 atom stereocenters. The van der Waals surface area contributed by atoms with Gasteiger partial charge < -0.3 is 5.73 Å². The molecule has 7 nitrogen and oxygen atoms in total. The molecule has 8 heteroatoms. The number of imidazole rings is 1. The topological polar surface area (TPSA) is 76.1 Å². The van der Waals surface area contributed by atoms with Crippen LogP contribution in [0.1, 0.15) is 5.56 Å². The zero-order chi connectivity index (χ0) is 27.1.